The van der Waals surface area contributed by atoms with Gasteiger partial charge in [0.25, 0.3) is 0 Å². The van der Waals surface area contributed by atoms with Crippen molar-refractivity contribution in [1.29, 1.82) is 0 Å². The van der Waals surface area contributed by atoms with Crippen LogP contribution in [0.1, 0.15) is 85.0 Å². The number of carbonyl (C=O) groups is 8. The summed E-state index contributed by atoms with van der Waals surface area (Å²) in [5.74, 6) is -6.22. The van der Waals surface area contributed by atoms with Gasteiger partial charge in [0, 0.05) is 13.0 Å². The molecule has 9 atom stereocenters. The number of aldehydes is 1. The quantitative estimate of drug-likeness (QED) is 0.0134. The first-order chi connectivity index (χ1) is 27.3. The number of amides is 7. The van der Waals surface area contributed by atoms with E-state index in [9.17, 15) is 48.6 Å². The molecule has 0 spiro atoms. The van der Waals surface area contributed by atoms with Gasteiger partial charge in [0.1, 0.15) is 42.5 Å². The van der Waals surface area contributed by atoms with Crippen molar-refractivity contribution in [2.24, 2.45) is 33.7 Å². The van der Waals surface area contributed by atoms with Gasteiger partial charge in [0.05, 0.1) is 18.2 Å². The van der Waals surface area contributed by atoms with Crippen LogP contribution in [0.3, 0.4) is 0 Å². The Bertz CT molecular complexity index is 1360. The first-order valence-electron chi connectivity index (χ1n) is 19.4. The van der Waals surface area contributed by atoms with Crippen molar-refractivity contribution in [1.82, 2.24) is 37.2 Å². The van der Waals surface area contributed by atoms with Crippen molar-refractivity contribution in [3.8, 4) is 0 Å². The molecule has 0 rings (SSSR count). The van der Waals surface area contributed by atoms with E-state index in [-0.39, 0.29) is 51.2 Å². The van der Waals surface area contributed by atoms with Crippen LogP contribution in [0, 0.1) is 0 Å². The SMILES string of the molecule is CNCCCC[C@@H](C=O)NC(=O)[C@H](CCCN=C(N)N)NC(=O)[C@H](C)NC(=O)[C@@H](NC(=O)[C@H](CCC(N)=O)NC(=O)[C@H](CCCCN)NC(=O)[C@@H](N)[C@@H](C)O)[C@@H](C)O. The minimum Gasteiger partial charge on any atom is -0.391 e. The van der Waals surface area contributed by atoms with Crippen LogP contribution in [-0.4, -0.2) is 145 Å². The number of aliphatic hydroxyl groups is 2. The number of hydrogen-bond donors (Lipinski definition) is 14. The summed E-state index contributed by atoms with van der Waals surface area (Å²) in [6, 6.07) is -9.15. The Morgan fingerprint density at radius 2 is 1.17 bits per heavy atom. The van der Waals surface area contributed by atoms with Gasteiger partial charge >= 0.3 is 0 Å². The summed E-state index contributed by atoms with van der Waals surface area (Å²) in [5.41, 5.74) is 27.3. The van der Waals surface area contributed by atoms with E-state index in [0.29, 0.717) is 32.0 Å². The minimum absolute atomic E-state index is 0.0516. The lowest BCUT2D eigenvalue weighted by atomic mass is 10.0. The molecule has 0 heterocycles. The molecule has 58 heavy (non-hydrogen) atoms. The van der Waals surface area contributed by atoms with Gasteiger partial charge in [-0.15, -0.1) is 0 Å². The van der Waals surface area contributed by atoms with Crippen molar-refractivity contribution < 1.29 is 48.6 Å². The molecule has 0 unspecified atom stereocenters. The zero-order valence-corrected chi connectivity index (χ0v) is 34.0. The van der Waals surface area contributed by atoms with Crippen LogP contribution in [0.4, 0.5) is 0 Å². The summed E-state index contributed by atoms with van der Waals surface area (Å²) in [4.78, 5) is 107. The van der Waals surface area contributed by atoms with E-state index in [2.05, 4.69) is 42.2 Å². The molecule has 0 bridgehead atoms. The molecule has 0 aliphatic rings. The molecule has 332 valence electrons. The number of hydrogen-bond acceptors (Lipinski definition) is 14. The molecule has 0 aromatic heterocycles. The topological polar surface area (TPSA) is 404 Å². The van der Waals surface area contributed by atoms with Gasteiger partial charge < -0.3 is 80.9 Å². The largest absolute Gasteiger partial charge is 0.391 e. The van der Waals surface area contributed by atoms with Gasteiger partial charge in [0.2, 0.25) is 41.4 Å². The fourth-order valence-electron chi connectivity index (χ4n) is 5.30. The Morgan fingerprint density at radius 3 is 1.71 bits per heavy atom. The normalized spacial score (nSPS) is 15.7. The lowest BCUT2D eigenvalue weighted by Crippen LogP contribution is -2.61. The van der Waals surface area contributed by atoms with E-state index in [0.717, 1.165) is 13.0 Å². The van der Waals surface area contributed by atoms with E-state index < -0.39 is 95.9 Å². The Kier molecular flexibility index (Phi) is 26.8. The van der Waals surface area contributed by atoms with Crippen molar-refractivity contribution >= 4 is 53.6 Å². The third-order valence-corrected chi connectivity index (χ3v) is 8.79. The van der Waals surface area contributed by atoms with Crippen molar-refractivity contribution in [3.63, 3.8) is 0 Å². The molecular weight excluding hydrogens is 762 g/mol. The molecule has 0 aromatic rings. The first-order valence-corrected chi connectivity index (χ1v) is 19.4. The molecule has 23 nitrogen and oxygen atoms in total. The number of nitrogens with one attached hydrogen (secondary N) is 7. The molecule has 7 amide bonds. The Morgan fingerprint density at radius 1 is 0.638 bits per heavy atom. The summed E-state index contributed by atoms with van der Waals surface area (Å²) in [6.07, 6.45) is 0.0800. The molecule has 0 aliphatic heterocycles. The van der Waals surface area contributed by atoms with Crippen molar-refractivity contribution in [2.75, 3.05) is 26.7 Å². The van der Waals surface area contributed by atoms with Gasteiger partial charge in [0.15, 0.2) is 5.96 Å². The number of unbranched alkanes of at least 4 members (excludes halogenated alkanes) is 2. The van der Waals surface area contributed by atoms with E-state index >= 15 is 0 Å². The maximum atomic E-state index is 13.5. The predicted molar refractivity (Wildman–Crippen MR) is 214 cm³/mol. The smallest absolute Gasteiger partial charge is 0.245 e. The van der Waals surface area contributed by atoms with Gasteiger partial charge in [-0.3, -0.25) is 38.6 Å². The number of nitrogens with two attached hydrogens (primary N) is 5. The van der Waals surface area contributed by atoms with Crippen LogP contribution in [-0.2, 0) is 38.4 Å². The summed E-state index contributed by atoms with van der Waals surface area (Å²) in [6.45, 7) is 4.90. The van der Waals surface area contributed by atoms with Crippen LogP contribution in [0.15, 0.2) is 4.99 Å². The lowest BCUT2D eigenvalue weighted by molar-refractivity contribution is -0.137. The van der Waals surface area contributed by atoms with Gasteiger partial charge in [-0.1, -0.05) is 0 Å². The second kappa shape index (κ2) is 29.3. The zero-order chi connectivity index (χ0) is 44.4. The van der Waals surface area contributed by atoms with Gasteiger partial charge in [-0.2, -0.15) is 0 Å². The van der Waals surface area contributed by atoms with Crippen LogP contribution in [0.25, 0.3) is 0 Å². The molecule has 0 radical (unpaired) electrons. The minimum atomic E-state index is -1.70. The number of rotatable bonds is 31. The highest BCUT2D eigenvalue weighted by Gasteiger charge is 2.34. The highest BCUT2D eigenvalue weighted by atomic mass is 16.3. The third kappa shape index (κ3) is 22.1. The predicted octanol–water partition coefficient (Wildman–Crippen LogP) is -5.96. The van der Waals surface area contributed by atoms with Gasteiger partial charge in [-0.25, -0.2) is 0 Å². The van der Waals surface area contributed by atoms with E-state index in [1.54, 1.807) is 7.05 Å². The van der Waals surface area contributed by atoms with E-state index in [4.69, 9.17) is 28.7 Å². The molecule has 0 saturated carbocycles. The lowest BCUT2D eigenvalue weighted by Gasteiger charge is -2.28. The maximum Gasteiger partial charge on any atom is 0.245 e. The number of guanidine groups is 1. The van der Waals surface area contributed by atoms with Crippen molar-refractivity contribution in [2.45, 2.75) is 139 Å². The molecular formula is C35H67N13O10. The Hall–Kier alpha value is -4.97. The van der Waals surface area contributed by atoms with Gasteiger partial charge in [-0.05, 0) is 98.7 Å². The average Bonchev–Trinajstić information content (AvgIpc) is 3.16. The van der Waals surface area contributed by atoms with E-state index in [1.807, 2.05) is 0 Å². The summed E-state index contributed by atoms with van der Waals surface area (Å²) < 4.78 is 0. The van der Waals surface area contributed by atoms with Crippen LogP contribution in [0.2, 0.25) is 0 Å². The summed E-state index contributed by atoms with van der Waals surface area (Å²) in [7, 11) is 1.79. The molecule has 0 saturated heterocycles. The van der Waals surface area contributed by atoms with Crippen LogP contribution < -0.4 is 65.9 Å². The number of carbonyl (C=O) groups excluding carboxylic acids is 8. The number of aliphatic imine (C=N–C) groups is 1. The summed E-state index contributed by atoms with van der Waals surface area (Å²) >= 11 is 0. The molecule has 19 N–H and O–H groups in total. The van der Waals surface area contributed by atoms with Crippen LogP contribution in [0.5, 0.6) is 0 Å². The molecule has 23 heteroatoms. The highest BCUT2D eigenvalue weighted by Crippen LogP contribution is 2.08. The Labute approximate surface area is 338 Å². The third-order valence-electron chi connectivity index (χ3n) is 8.79. The molecule has 0 fully saturated rings. The maximum absolute atomic E-state index is 13.5. The second-order valence-electron chi connectivity index (χ2n) is 14.0. The number of primary amides is 1. The number of aliphatic hydroxyl groups excluding tert-OH is 2. The fourth-order valence-corrected chi connectivity index (χ4v) is 5.30. The highest BCUT2D eigenvalue weighted by molar-refractivity contribution is 5.97. The van der Waals surface area contributed by atoms with E-state index in [1.165, 1.54) is 20.8 Å². The Balaban J connectivity index is 6.02. The standard InChI is InChI=1S/C35H67N13O10/c1-19(29(53)45-24(12-9-17-42-35(39)40)30(54)44-22(18-49)10-6-8-16-41-4)43-34(58)28(21(3)51)48-32(56)25(13-14-26(37)52)46-31(55)23(11-5-7-15-36)47-33(57)27(38)20(2)50/h18-25,27-28,41,50-51H,5-17,36,38H2,1-4H3,(H2,37,52)(H,43,58)(H,44,54)(H,45,53)(H,46,55)(H,47,57)(H,48,56)(H4,39,40,42)/t19-,20+,21+,22-,23-,24-,25-,27-,28-/m0/s1. The average molecular weight is 830 g/mol. The fraction of sp³-hybridized carbons (Fsp3) is 0.743. The summed E-state index contributed by atoms with van der Waals surface area (Å²) in [5, 5.41) is 38.0. The number of nitrogens with zero attached hydrogens (tertiary/aromatic N) is 1. The second-order valence-corrected chi connectivity index (χ2v) is 14.0. The van der Waals surface area contributed by atoms with Crippen LogP contribution >= 0.6 is 0 Å². The molecule has 0 aromatic carbocycles. The molecule has 0 aliphatic carbocycles. The monoisotopic (exact) mass is 830 g/mol. The van der Waals surface area contributed by atoms with Crippen molar-refractivity contribution in [3.05, 3.63) is 0 Å². The first kappa shape index (κ1) is 53.0. The zero-order valence-electron chi connectivity index (χ0n) is 34.0.